The molecule has 0 saturated carbocycles. The summed E-state index contributed by atoms with van der Waals surface area (Å²) in [5, 5.41) is 12.2. The van der Waals surface area contributed by atoms with Gasteiger partial charge < -0.3 is 54.9 Å². The van der Waals surface area contributed by atoms with Crippen molar-refractivity contribution in [3.63, 3.8) is 0 Å². The van der Waals surface area contributed by atoms with Crippen LogP contribution in [0.3, 0.4) is 0 Å². The van der Waals surface area contributed by atoms with E-state index >= 15 is 0 Å². The first kappa shape index (κ1) is 65.9. The maximum Gasteiger partial charge on any atom is 0.410 e. The number of thiocarbonyl (C=S) groups is 1. The minimum Gasteiger partial charge on any atom is -0.444 e. The summed E-state index contributed by atoms with van der Waals surface area (Å²) in [7, 11) is 3.09. The molecule has 7 amide bonds. The van der Waals surface area contributed by atoms with Crippen LogP contribution in [-0.2, 0) is 55.8 Å². The van der Waals surface area contributed by atoms with E-state index in [0.717, 1.165) is 22.3 Å². The van der Waals surface area contributed by atoms with Gasteiger partial charge in [0.2, 0.25) is 29.5 Å². The zero-order valence-corrected chi connectivity index (χ0v) is 54.6. The molecule has 2 aliphatic carbocycles. The van der Waals surface area contributed by atoms with E-state index in [1.54, 1.807) is 95.8 Å². The predicted octanol–water partition coefficient (Wildman–Crippen LogP) is 7.05. The molecule has 4 heterocycles. The lowest BCUT2D eigenvalue weighted by Gasteiger charge is -2.36. The number of hydrogen-bond donors (Lipinski definition) is 4. The van der Waals surface area contributed by atoms with E-state index in [-0.39, 0.29) is 47.6 Å². The number of nitrogens with one attached hydrogen (secondary N) is 4. The van der Waals surface area contributed by atoms with Crippen molar-refractivity contribution < 1.29 is 52.5 Å². The minimum absolute atomic E-state index is 0.0260. The number of amides is 7. The van der Waals surface area contributed by atoms with Crippen LogP contribution in [0.5, 0.6) is 0 Å². The normalized spacial score (nSPS) is 26.9. The fourth-order valence-corrected chi connectivity index (χ4v) is 15.8. The van der Waals surface area contributed by atoms with Gasteiger partial charge in [-0.2, -0.15) is 0 Å². The average molecular weight is 1240 g/mol. The van der Waals surface area contributed by atoms with Crippen LogP contribution >= 0.6 is 35.7 Å². The smallest absolute Gasteiger partial charge is 0.410 e. The van der Waals surface area contributed by atoms with E-state index < -0.39 is 101 Å². The van der Waals surface area contributed by atoms with Crippen molar-refractivity contribution in [1.82, 2.24) is 40.9 Å². The summed E-state index contributed by atoms with van der Waals surface area (Å²) < 4.78 is 23.8. The number of rotatable bonds is 14. The Morgan fingerprint density at radius 1 is 0.640 bits per heavy atom. The van der Waals surface area contributed by atoms with Gasteiger partial charge in [-0.25, -0.2) is 9.59 Å². The topological polar surface area (TPSA) is 217 Å². The number of fused-ring (bicyclic) bond motifs is 4. The molecule has 4 N–H and O–H groups in total. The van der Waals surface area contributed by atoms with Crippen LogP contribution in [0.1, 0.15) is 143 Å². The molecule has 4 aliphatic heterocycles. The van der Waals surface area contributed by atoms with Crippen molar-refractivity contribution in [1.29, 1.82) is 0 Å². The van der Waals surface area contributed by atoms with Crippen molar-refractivity contribution in [3.8, 4) is 23.7 Å². The molecule has 4 saturated heterocycles. The van der Waals surface area contributed by atoms with Crippen LogP contribution in [0.25, 0.3) is 0 Å². The molecule has 12 atom stereocenters. The summed E-state index contributed by atoms with van der Waals surface area (Å²) in [6.45, 7) is 22.1. The molecule has 2 aromatic carbocycles. The van der Waals surface area contributed by atoms with Gasteiger partial charge in [0.25, 0.3) is 0 Å². The number of likely N-dealkylation sites (N-methyl/N-ethyl adjacent to an activating group) is 2. The lowest BCUT2D eigenvalue weighted by atomic mass is 9.83. The lowest BCUT2D eigenvalue weighted by molar-refractivity contribution is -0.144. The Bertz CT molecular complexity index is 2870. The molecule has 0 unspecified atom stereocenters. The van der Waals surface area contributed by atoms with E-state index in [9.17, 15) is 33.6 Å². The number of hydrogen-bond acceptors (Lipinski definition) is 14. The molecule has 22 heteroatoms. The third-order valence-electron chi connectivity index (χ3n) is 17.0. The minimum atomic E-state index is -0.926. The van der Waals surface area contributed by atoms with Gasteiger partial charge in [0, 0.05) is 26.9 Å². The van der Waals surface area contributed by atoms with E-state index in [1.165, 1.54) is 16.8 Å². The summed E-state index contributed by atoms with van der Waals surface area (Å²) in [6, 6.07) is 9.99. The average Bonchev–Trinajstić information content (AvgIpc) is 1.70. The second kappa shape index (κ2) is 26.7. The molecule has 466 valence electrons. The van der Waals surface area contributed by atoms with Crippen molar-refractivity contribution in [2.45, 2.75) is 204 Å². The Hall–Kier alpha value is -6.04. The molecule has 4 fully saturated rings. The molecule has 8 rings (SSSR count). The van der Waals surface area contributed by atoms with Gasteiger partial charge in [0.05, 0.1) is 46.1 Å². The highest BCUT2D eigenvalue weighted by Gasteiger charge is 2.57. The van der Waals surface area contributed by atoms with Crippen molar-refractivity contribution in [2.75, 3.05) is 38.8 Å². The zero-order valence-electron chi connectivity index (χ0n) is 52.1. The number of ether oxygens (including phenoxy) is 4. The highest BCUT2D eigenvalue weighted by molar-refractivity contribution is 8.00. The maximum absolute atomic E-state index is 14.8. The first-order valence-electron chi connectivity index (χ1n) is 29.7. The van der Waals surface area contributed by atoms with Crippen LogP contribution in [-0.4, -0.2) is 176 Å². The molecule has 0 radical (unpaired) electrons. The van der Waals surface area contributed by atoms with Gasteiger partial charge in [-0.05, 0) is 138 Å². The van der Waals surface area contributed by atoms with Gasteiger partial charge in [-0.15, -0.1) is 23.5 Å². The third-order valence-corrected chi connectivity index (χ3v) is 19.9. The summed E-state index contributed by atoms with van der Waals surface area (Å²) in [5.41, 5.74) is 1.30. The largest absolute Gasteiger partial charge is 0.444 e. The summed E-state index contributed by atoms with van der Waals surface area (Å²) >= 11 is 9.04. The van der Waals surface area contributed by atoms with Gasteiger partial charge in [0.15, 0.2) is 0 Å². The third kappa shape index (κ3) is 15.1. The van der Waals surface area contributed by atoms with Gasteiger partial charge in [-0.3, -0.25) is 28.9 Å². The summed E-state index contributed by atoms with van der Waals surface area (Å²) in [6.07, 6.45) is 1.01. The molecular weight excluding hydrogens is 1150 g/mol. The van der Waals surface area contributed by atoms with Crippen LogP contribution in [0.2, 0.25) is 0 Å². The van der Waals surface area contributed by atoms with Gasteiger partial charge >= 0.3 is 12.2 Å². The number of thioether (sulfide) groups is 2. The van der Waals surface area contributed by atoms with E-state index in [0.29, 0.717) is 55.0 Å². The fourth-order valence-electron chi connectivity index (χ4n) is 12.3. The Labute approximate surface area is 521 Å². The standard InChI is InChI=1S/C64H86N8O11S3/c1-37(69(13)59(78)82-61(3,4)5)53(73)65-43-27-31-85-47-35-63(9,10)51(71(47)57(43)76)54(74)67-49-41-25-19-17-23-39(41)33-45(49)80-29-21-15-16-22-30-81-46-34-40-24-18-20-26-42(40)50(46)68-55(75)52-64(11,12)36-48-72(52)58(77)44(28-32-86-48)66-56(84)38(2)70(14)60(79)83-62(6,7)8/h17-20,23-26,37-38,43-52H,27-36H2,1-14H3,(H,65,73)(H,66,84)(H,67,74)(H,68,75)/t37-,38-,43-,44-,45+,46+,47-,48-,49-,50-,51+,52+/m0/s1. The van der Waals surface area contributed by atoms with E-state index in [2.05, 4.69) is 44.9 Å². The van der Waals surface area contributed by atoms with Crippen molar-refractivity contribution in [3.05, 3.63) is 70.8 Å². The molecule has 2 aromatic rings. The quantitative estimate of drug-likeness (QED) is 0.110. The lowest BCUT2D eigenvalue weighted by Crippen LogP contribution is -2.58. The number of carbonyl (C=O) groups is 7. The second-order valence-corrected chi connectivity index (χ2v) is 29.7. The van der Waals surface area contributed by atoms with Crippen LogP contribution in [0.4, 0.5) is 9.59 Å². The fraction of sp³-hybridized carbons (Fsp3) is 0.625. The van der Waals surface area contributed by atoms with Gasteiger partial charge in [0.1, 0.15) is 54.6 Å². The Kier molecular flexibility index (Phi) is 20.5. The Balaban J connectivity index is 0.878. The van der Waals surface area contributed by atoms with Crippen LogP contribution in [0.15, 0.2) is 48.5 Å². The monoisotopic (exact) mass is 1240 g/mol. The maximum atomic E-state index is 14.8. The van der Waals surface area contributed by atoms with Gasteiger partial charge in [-0.1, -0.05) is 100 Å². The molecule has 0 bridgehead atoms. The van der Waals surface area contributed by atoms with E-state index in [4.69, 9.17) is 31.2 Å². The molecule has 86 heavy (non-hydrogen) atoms. The molecule has 19 nitrogen and oxygen atoms in total. The Morgan fingerprint density at radius 3 is 1.45 bits per heavy atom. The Morgan fingerprint density at radius 2 is 1.03 bits per heavy atom. The second-order valence-electron chi connectivity index (χ2n) is 26.6. The molecule has 0 aromatic heterocycles. The number of nitrogens with zero attached hydrogens (tertiary/aromatic N) is 4. The first-order valence-corrected chi connectivity index (χ1v) is 32.2. The molecule has 0 spiro atoms. The highest BCUT2D eigenvalue weighted by Crippen LogP contribution is 2.49. The van der Waals surface area contributed by atoms with Crippen LogP contribution in [0, 0.1) is 34.5 Å². The summed E-state index contributed by atoms with van der Waals surface area (Å²) in [5.74, 6) is 11.4. The van der Waals surface area contributed by atoms with Crippen molar-refractivity contribution >= 4 is 82.5 Å². The number of carbonyl (C=O) groups excluding carboxylic acids is 7. The molecule has 6 aliphatic rings. The predicted molar refractivity (Wildman–Crippen MR) is 335 cm³/mol. The zero-order chi connectivity index (χ0) is 62.8. The van der Waals surface area contributed by atoms with E-state index in [1.807, 2.05) is 76.2 Å². The highest BCUT2D eigenvalue weighted by atomic mass is 32.2. The first-order chi connectivity index (χ1) is 40.4. The number of benzene rings is 2. The molecular formula is C64H86N8O11S3. The summed E-state index contributed by atoms with van der Waals surface area (Å²) in [4.78, 5) is 104. The van der Waals surface area contributed by atoms with Crippen LogP contribution < -0.4 is 21.3 Å². The SMILES string of the molecule is C[C@@H](C(=O)N[C@H]1CCS[C@H]2CC(C)(C)[C@@H](C(=O)N[C@H]3c4ccccc4C[C@H]3OCC#CC#CCO[C@@H]3Cc4ccccc4[C@@H]3NC(=O)[C@H]3N4C(=O)[C@@H](NC(=S)[C@H](C)N(C)C(=O)OC(C)(C)C)CCS[C@H]4CC3(C)C)N2C1=O)N(C)C(=O)OC(C)(C)C. The van der Waals surface area contributed by atoms with Crippen molar-refractivity contribution in [2.24, 2.45) is 10.8 Å².